The molecule has 1 aliphatic rings. The number of amides is 1. The van der Waals surface area contributed by atoms with Crippen molar-refractivity contribution in [2.24, 2.45) is 5.92 Å². The van der Waals surface area contributed by atoms with Crippen molar-refractivity contribution in [1.82, 2.24) is 40.0 Å². The summed E-state index contributed by atoms with van der Waals surface area (Å²) in [6, 6.07) is 10.3. The van der Waals surface area contributed by atoms with E-state index in [1.54, 1.807) is 30.9 Å². The Balaban J connectivity index is 1.20. The SMILES string of the molecule is CN(C)CCOc1cc(F)cc(-c2nccc3[nH]c(-c4n[nH]c5ncc(-c6cncc(NC(=O)C7CCCC7)c6)cc45)nc23)c1. The summed E-state index contributed by atoms with van der Waals surface area (Å²) in [5, 5.41) is 11.3. The minimum Gasteiger partial charge on any atom is -0.492 e. The number of ether oxygens (including phenoxy) is 1. The van der Waals surface area contributed by atoms with Gasteiger partial charge in [-0.1, -0.05) is 12.8 Å². The Labute approximate surface area is 258 Å². The van der Waals surface area contributed by atoms with Crippen LogP contribution in [-0.2, 0) is 4.79 Å². The molecule has 1 aliphatic carbocycles. The summed E-state index contributed by atoms with van der Waals surface area (Å²) in [5.74, 6) is 0.621. The predicted molar refractivity (Wildman–Crippen MR) is 170 cm³/mol. The van der Waals surface area contributed by atoms with Crippen molar-refractivity contribution in [3.63, 3.8) is 0 Å². The van der Waals surface area contributed by atoms with E-state index in [-0.39, 0.29) is 11.8 Å². The van der Waals surface area contributed by atoms with Gasteiger partial charge in [0.2, 0.25) is 5.91 Å². The lowest BCUT2D eigenvalue weighted by Crippen LogP contribution is -2.20. The molecule has 12 heteroatoms. The van der Waals surface area contributed by atoms with Gasteiger partial charge >= 0.3 is 0 Å². The molecule has 0 atom stereocenters. The van der Waals surface area contributed by atoms with Crippen LogP contribution < -0.4 is 10.1 Å². The van der Waals surface area contributed by atoms with Crippen LogP contribution in [0.4, 0.5) is 10.1 Å². The molecule has 1 amide bonds. The number of hydrogen-bond donors (Lipinski definition) is 3. The first-order valence-electron chi connectivity index (χ1n) is 15.0. The maximum absolute atomic E-state index is 14.6. The Morgan fingerprint density at radius 3 is 2.71 bits per heavy atom. The number of rotatable bonds is 9. The second-order valence-electron chi connectivity index (χ2n) is 11.6. The first kappa shape index (κ1) is 28.5. The Kier molecular flexibility index (Phi) is 7.64. The van der Waals surface area contributed by atoms with E-state index in [9.17, 15) is 9.18 Å². The zero-order valence-electron chi connectivity index (χ0n) is 25.0. The van der Waals surface area contributed by atoms with Crippen LogP contribution in [0.25, 0.3) is 56.0 Å². The number of anilines is 1. The number of pyridine rings is 3. The average molecular weight is 606 g/mol. The van der Waals surface area contributed by atoms with Crippen molar-refractivity contribution in [1.29, 1.82) is 0 Å². The third kappa shape index (κ3) is 5.96. The number of hydrogen-bond acceptors (Lipinski definition) is 8. The standard InChI is InChI=1S/C33H32FN9O2/c1-43(2)9-10-45-25-13-20(11-23(34)15-25)28-30-27(7-8-36-28)39-32(40-30)29-26-14-22(17-37-31(26)42-41-29)21-12-24(18-35-16-21)38-33(44)19-5-3-4-6-19/h7-8,11-19H,3-6,9-10H2,1-2H3,(H,38,44)(H,39,40)(H,37,41,42). The van der Waals surface area contributed by atoms with Gasteiger partial charge in [0.25, 0.3) is 0 Å². The lowest BCUT2D eigenvalue weighted by Gasteiger charge is -2.12. The molecule has 1 fully saturated rings. The Hall–Kier alpha value is -5.23. The number of imidazole rings is 1. The molecule has 228 valence electrons. The van der Waals surface area contributed by atoms with Crippen LogP contribution >= 0.6 is 0 Å². The third-order valence-electron chi connectivity index (χ3n) is 8.06. The number of halogens is 1. The lowest BCUT2D eigenvalue weighted by molar-refractivity contribution is -0.119. The molecule has 11 nitrogen and oxygen atoms in total. The Morgan fingerprint density at radius 2 is 1.87 bits per heavy atom. The van der Waals surface area contributed by atoms with Crippen LogP contribution in [0.1, 0.15) is 25.7 Å². The smallest absolute Gasteiger partial charge is 0.227 e. The fourth-order valence-electron chi connectivity index (χ4n) is 5.73. The normalized spacial score (nSPS) is 13.7. The molecule has 45 heavy (non-hydrogen) atoms. The van der Waals surface area contributed by atoms with Crippen molar-refractivity contribution < 1.29 is 13.9 Å². The van der Waals surface area contributed by atoms with Crippen LogP contribution in [0.2, 0.25) is 0 Å². The van der Waals surface area contributed by atoms with Crippen LogP contribution in [-0.4, -0.2) is 73.2 Å². The summed E-state index contributed by atoms with van der Waals surface area (Å²) < 4.78 is 20.4. The fraction of sp³-hybridized carbons (Fsp3) is 0.273. The van der Waals surface area contributed by atoms with Crippen LogP contribution in [0, 0.1) is 11.7 Å². The van der Waals surface area contributed by atoms with Gasteiger partial charge in [-0.25, -0.2) is 14.4 Å². The summed E-state index contributed by atoms with van der Waals surface area (Å²) in [6.07, 6.45) is 10.8. The van der Waals surface area contributed by atoms with Crippen molar-refractivity contribution in [2.45, 2.75) is 25.7 Å². The quantitative estimate of drug-likeness (QED) is 0.187. The highest BCUT2D eigenvalue weighted by Crippen LogP contribution is 2.33. The minimum absolute atomic E-state index is 0.0437. The van der Waals surface area contributed by atoms with Gasteiger partial charge in [-0.05, 0) is 57.3 Å². The number of nitrogens with zero attached hydrogens (tertiary/aromatic N) is 6. The number of benzene rings is 1. The monoisotopic (exact) mass is 605 g/mol. The molecule has 0 saturated heterocycles. The van der Waals surface area contributed by atoms with E-state index in [1.807, 2.05) is 37.2 Å². The second-order valence-corrected chi connectivity index (χ2v) is 11.6. The Morgan fingerprint density at radius 1 is 1.02 bits per heavy atom. The molecular formula is C33H32FN9O2. The summed E-state index contributed by atoms with van der Waals surface area (Å²) >= 11 is 0. The van der Waals surface area contributed by atoms with E-state index < -0.39 is 5.82 Å². The first-order chi connectivity index (χ1) is 21.9. The van der Waals surface area contributed by atoms with Gasteiger partial charge in [0.05, 0.1) is 28.5 Å². The van der Waals surface area contributed by atoms with Crippen molar-refractivity contribution in [3.8, 4) is 39.7 Å². The van der Waals surface area contributed by atoms with Gasteiger partial charge in [0, 0.05) is 53.8 Å². The molecule has 0 unspecified atom stereocenters. The van der Waals surface area contributed by atoms with E-state index in [4.69, 9.17) is 9.72 Å². The van der Waals surface area contributed by atoms with Gasteiger partial charge in [-0.15, -0.1) is 0 Å². The second kappa shape index (κ2) is 12.0. The summed E-state index contributed by atoms with van der Waals surface area (Å²) in [6.45, 7) is 1.13. The summed E-state index contributed by atoms with van der Waals surface area (Å²) in [5.41, 5.74) is 5.83. The number of H-pyrrole nitrogens is 2. The summed E-state index contributed by atoms with van der Waals surface area (Å²) in [7, 11) is 3.90. The zero-order chi connectivity index (χ0) is 30.9. The van der Waals surface area contributed by atoms with Gasteiger partial charge in [0.1, 0.15) is 29.4 Å². The summed E-state index contributed by atoms with van der Waals surface area (Å²) in [4.78, 5) is 36.4. The van der Waals surface area contributed by atoms with Crippen molar-refractivity contribution >= 4 is 33.7 Å². The molecule has 7 rings (SSSR count). The number of carbonyl (C=O) groups is 1. The van der Waals surface area contributed by atoms with Crippen LogP contribution in [0.5, 0.6) is 5.75 Å². The molecule has 0 bridgehead atoms. The first-order valence-corrected chi connectivity index (χ1v) is 15.0. The highest BCUT2D eigenvalue weighted by molar-refractivity contribution is 5.97. The average Bonchev–Trinajstić information content (AvgIpc) is 3.80. The van der Waals surface area contributed by atoms with E-state index in [2.05, 4.69) is 35.5 Å². The van der Waals surface area contributed by atoms with Gasteiger partial charge in [-0.3, -0.25) is 19.9 Å². The predicted octanol–water partition coefficient (Wildman–Crippen LogP) is 5.83. The largest absolute Gasteiger partial charge is 0.492 e. The molecule has 0 aliphatic heterocycles. The molecule has 0 radical (unpaired) electrons. The van der Waals surface area contributed by atoms with Crippen LogP contribution in [0.15, 0.2) is 61.2 Å². The maximum atomic E-state index is 14.6. The van der Waals surface area contributed by atoms with E-state index >= 15 is 0 Å². The number of likely N-dealkylation sites (N-methyl/N-ethyl adjacent to an activating group) is 1. The molecule has 1 saturated carbocycles. The van der Waals surface area contributed by atoms with E-state index in [1.165, 1.54) is 12.1 Å². The molecule has 6 aromatic rings. The topological polar surface area (TPSA) is 138 Å². The molecule has 5 aromatic heterocycles. The third-order valence-corrected chi connectivity index (χ3v) is 8.06. The molecule has 0 spiro atoms. The number of aromatic amines is 2. The highest BCUT2D eigenvalue weighted by atomic mass is 19.1. The van der Waals surface area contributed by atoms with Crippen LogP contribution in [0.3, 0.4) is 0 Å². The van der Waals surface area contributed by atoms with Crippen molar-refractivity contribution in [3.05, 3.63) is 67.0 Å². The zero-order valence-corrected chi connectivity index (χ0v) is 25.0. The Bertz CT molecular complexity index is 2010. The minimum atomic E-state index is -0.421. The molecule has 3 N–H and O–H groups in total. The number of aromatic nitrogens is 7. The lowest BCUT2D eigenvalue weighted by atomic mass is 10.1. The van der Waals surface area contributed by atoms with E-state index in [0.717, 1.165) is 47.7 Å². The van der Waals surface area contributed by atoms with Crippen molar-refractivity contribution in [2.75, 3.05) is 32.6 Å². The molecule has 5 heterocycles. The molecule has 1 aromatic carbocycles. The number of nitrogens with one attached hydrogen (secondary N) is 3. The maximum Gasteiger partial charge on any atom is 0.227 e. The molecular weight excluding hydrogens is 573 g/mol. The van der Waals surface area contributed by atoms with Gasteiger partial charge in [0.15, 0.2) is 11.5 Å². The van der Waals surface area contributed by atoms with Gasteiger partial charge < -0.3 is 19.9 Å². The highest BCUT2D eigenvalue weighted by Gasteiger charge is 2.23. The fourth-order valence-corrected chi connectivity index (χ4v) is 5.73. The number of carbonyl (C=O) groups excluding carboxylic acids is 1. The number of fused-ring (bicyclic) bond motifs is 2. The van der Waals surface area contributed by atoms with Gasteiger partial charge in [-0.2, -0.15) is 5.10 Å². The van der Waals surface area contributed by atoms with E-state index in [0.29, 0.717) is 58.5 Å².